The summed E-state index contributed by atoms with van der Waals surface area (Å²) in [5, 5.41) is 3.25. The third-order valence-electron chi connectivity index (χ3n) is 22.8. The zero-order valence-electron chi connectivity index (χ0n) is 65.3. The van der Waals surface area contributed by atoms with Gasteiger partial charge in [0.2, 0.25) is 0 Å². The van der Waals surface area contributed by atoms with E-state index < -0.39 is 16.0 Å². The molecule has 1 unspecified atom stereocenters. The Kier molecular flexibility index (Phi) is 18.9. The van der Waals surface area contributed by atoms with Crippen LogP contribution in [0.15, 0.2) is 467 Å². The van der Waals surface area contributed by atoms with Crippen LogP contribution in [0.3, 0.4) is 0 Å². The summed E-state index contributed by atoms with van der Waals surface area (Å²) in [6, 6.07) is 131. The minimum atomic E-state index is -4.31. The summed E-state index contributed by atoms with van der Waals surface area (Å²) in [6.07, 6.45) is 17.3. The lowest BCUT2D eigenvalue weighted by atomic mass is 10.0. The smallest absolute Gasteiger partial charge is 0.586 e. The predicted molar refractivity (Wildman–Crippen MR) is 485 cm³/mol. The van der Waals surface area contributed by atoms with Crippen LogP contribution in [0.2, 0.25) is 0 Å². The number of rotatable bonds is 16. The second kappa shape index (κ2) is 30.9. The lowest BCUT2D eigenvalue weighted by molar-refractivity contribution is -0.00100. The third-order valence-corrected chi connectivity index (χ3v) is 28.3. The quantitative estimate of drug-likeness (QED) is 0.0898. The molecule has 0 radical (unpaired) electrons. The molecule has 12 heterocycles. The molecule has 8 aliphatic heterocycles. The van der Waals surface area contributed by atoms with Gasteiger partial charge in [-0.05, 0) is 190 Å². The van der Waals surface area contributed by atoms with E-state index in [9.17, 15) is 0 Å². The Labute approximate surface area is 717 Å². The SMILES string of the molecule is C1=CC2=C(c3ccccc3)c3ccc4n3[P+](Oc3ccccc3)(Oc3ccc(C5=C6C=CC(=N6)C(c6ccccc6)=c6ccc7n6[P+](Oc6ccccc6)(Oc6ccccc6)n6c(ccc65)C(c5ccccc5)=C5C=CC(=N5)C=7c5ccccc5)cc3)n3c(ccc3=C(c3ccccc3)C3=NC(=C4c4ccccc4)C=C3)=C(c3ccccc3)C1=N2.[Cl-].[Cl-]. The molecular weight excluding hydrogens is 1580 g/mol. The Hall–Kier alpha value is -14.7. The summed E-state index contributed by atoms with van der Waals surface area (Å²) in [6.45, 7) is 0. The summed E-state index contributed by atoms with van der Waals surface area (Å²) in [5.41, 5.74) is 23.7. The first-order valence-electron chi connectivity index (χ1n) is 40.1. The van der Waals surface area contributed by atoms with E-state index in [1.54, 1.807) is 0 Å². The molecule has 0 saturated heterocycles. The highest BCUT2D eigenvalue weighted by molar-refractivity contribution is 7.64. The fraction of sp³-hybridized carbons (Fsp3) is 0. The Morgan fingerprint density at radius 2 is 0.361 bits per heavy atom. The first kappa shape index (κ1) is 74.8. The highest BCUT2D eigenvalue weighted by Crippen LogP contribution is 2.67. The molecule has 0 N–H and O–H groups in total. The fourth-order valence-corrected chi connectivity index (χ4v) is 23.9. The number of para-hydroxylation sites is 3. The molecule has 582 valence electrons. The van der Waals surface area contributed by atoms with Gasteiger partial charge in [-0.25, -0.2) is 20.0 Å². The first-order valence-corrected chi connectivity index (χ1v) is 43.2. The third kappa shape index (κ3) is 12.4. The van der Waals surface area contributed by atoms with Gasteiger partial charge < -0.3 is 24.8 Å². The van der Waals surface area contributed by atoms with Crippen LogP contribution in [0.4, 0.5) is 0 Å². The fourth-order valence-electron chi connectivity index (χ4n) is 17.7. The van der Waals surface area contributed by atoms with E-state index in [-0.39, 0.29) is 24.8 Å². The number of allylic oxidation sites excluding steroid dienone is 8. The molecule has 16 heteroatoms. The normalized spacial score (nSPS) is 16.5. The average Bonchev–Trinajstić information content (AvgIpc) is 1.52. The summed E-state index contributed by atoms with van der Waals surface area (Å²) >= 11 is 0. The number of hydrogen-bond acceptors (Lipinski definition) is 8. The van der Waals surface area contributed by atoms with Crippen molar-refractivity contribution in [2.75, 3.05) is 0 Å². The van der Waals surface area contributed by atoms with Crippen molar-refractivity contribution < 1.29 is 42.9 Å². The highest BCUT2D eigenvalue weighted by atomic mass is 35.5. The van der Waals surface area contributed by atoms with Crippen LogP contribution >= 0.6 is 16.0 Å². The number of aliphatic imine (C=N–C) groups is 4. The van der Waals surface area contributed by atoms with Gasteiger partial charge in [0.1, 0.15) is 0 Å². The molecule has 12 nitrogen and oxygen atoms in total. The van der Waals surface area contributed by atoms with Crippen molar-refractivity contribution in [1.29, 1.82) is 0 Å². The minimum absolute atomic E-state index is 0. The maximum Gasteiger partial charge on any atom is 0.586 e. The van der Waals surface area contributed by atoms with Crippen LogP contribution in [0.5, 0.6) is 23.0 Å². The van der Waals surface area contributed by atoms with Crippen LogP contribution in [0.25, 0.3) is 44.6 Å². The molecule has 0 amide bonds. The van der Waals surface area contributed by atoms with Crippen molar-refractivity contribution in [3.63, 3.8) is 0 Å². The van der Waals surface area contributed by atoms with Gasteiger partial charge in [0, 0.05) is 44.6 Å². The molecular formula is C106H70Cl2N8O4P2. The maximum absolute atomic E-state index is 8.73. The molecule has 8 aliphatic rings. The lowest BCUT2D eigenvalue weighted by Gasteiger charge is -2.31. The Morgan fingerprint density at radius 3 is 0.582 bits per heavy atom. The number of aromatic nitrogens is 4. The number of nitrogens with zero attached hydrogens (tertiary/aromatic N) is 8. The molecule has 0 saturated carbocycles. The Bertz CT molecular complexity index is 7220. The number of halogens is 2. The van der Waals surface area contributed by atoms with Crippen molar-refractivity contribution in [3.05, 3.63) is 536 Å². The standard InChI is InChI=1S/C106H70N8O4P2.2ClH/c1-11-31-71(32-12-1)99-83-55-60-88(107-83)104(76-41-21-6-22-42-76)97-69-70-98-106(90-62-61-89(110-90)105(77-43-23-7-24-44-77)92-64-63-91(99)111(92)119(114(97)98,115-79-45-25-8-26-46-79)116-80-47-27-9-28-48-80)78-51-53-82(54-52-78)118-120(117-81-49-29-10-30-50-81)112-93-65-66-94(112)102(74-37-17-4-18-38-74)86-58-59-87(109-86)103(75-39-19-5-20-40-75)96-68-67-95(113(96)120)101(73-35-15-3-16-36-73)85-57-56-84(108-85)100(93)72-33-13-2-14-34-72;;/h1-70H;2*1H/q+2;;/p-2. The summed E-state index contributed by atoms with van der Waals surface area (Å²) in [7, 11) is -8.51. The van der Waals surface area contributed by atoms with Crippen molar-refractivity contribution in [3.8, 4) is 23.0 Å². The molecule has 0 fully saturated rings. The lowest BCUT2D eigenvalue weighted by Crippen LogP contribution is -3.00. The van der Waals surface area contributed by atoms with Gasteiger partial charge in [-0.2, -0.15) is 0 Å². The molecule has 4 aromatic heterocycles. The van der Waals surface area contributed by atoms with E-state index in [2.05, 4.69) is 351 Å². The van der Waals surface area contributed by atoms with Gasteiger partial charge in [0.25, 0.3) is 0 Å². The first-order chi connectivity index (χ1) is 59.5. The zero-order chi connectivity index (χ0) is 79.2. The molecule has 0 aliphatic carbocycles. The van der Waals surface area contributed by atoms with Crippen molar-refractivity contribution in [2.24, 2.45) is 20.0 Å². The highest BCUT2D eigenvalue weighted by Gasteiger charge is 2.60. The Morgan fingerprint density at radius 1 is 0.172 bits per heavy atom. The van der Waals surface area contributed by atoms with Gasteiger partial charge in [-0.1, -0.05) is 279 Å². The topological polar surface area (TPSA) is 106 Å². The van der Waals surface area contributed by atoms with E-state index in [0.717, 1.165) is 173 Å². The van der Waals surface area contributed by atoms with E-state index in [1.807, 2.05) is 91.0 Å². The Balaban J connectivity index is 0.00000458. The molecule has 1 atom stereocenters. The average molecular weight is 1650 g/mol. The van der Waals surface area contributed by atoms with Gasteiger partial charge in [-0.15, -0.1) is 17.4 Å². The largest absolute Gasteiger partial charge is 1.00 e. The van der Waals surface area contributed by atoms with E-state index >= 15 is 0 Å². The van der Waals surface area contributed by atoms with Gasteiger partial charge in [-0.3, -0.25) is 18.1 Å². The van der Waals surface area contributed by atoms with Gasteiger partial charge in [0.05, 0.1) is 89.8 Å². The summed E-state index contributed by atoms with van der Waals surface area (Å²) in [5.74, 6) is 2.28. The molecule has 0 spiro atoms. The van der Waals surface area contributed by atoms with Crippen LogP contribution < -0.4 is 64.3 Å². The monoisotopic (exact) mass is 1650 g/mol. The predicted octanol–water partition coefficient (Wildman–Crippen LogP) is 15.3. The van der Waals surface area contributed by atoms with Gasteiger partial charge >= 0.3 is 16.0 Å². The molecule has 12 bridgehead atoms. The van der Waals surface area contributed by atoms with Crippen molar-refractivity contribution in [1.82, 2.24) is 17.4 Å². The molecule has 15 aromatic rings. The van der Waals surface area contributed by atoms with Crippen molar-refractivity contribution in [2.45, 2.75) is 0 Å². The molecule has 23 rings (SSSR count). The second-order valence-electron chi connectivity index (χ2n) is 29.9. The van der Waals surface area contributed by atoms with E-state index in [0.29, 0.717) is 28.7 Å². The number of hydrogen-bond donors (Lipinski definition) is 0. The minimum Gasteiger partial charge on any atom is -1.00 e. The van der Waals surface area contributed by atoms with Crippen LogP contribution in [0, 0.1) is 0 Å². The molecule has 11 aromatic carbocycles. The maximum atomic E-state index is 8.73. The molecule has 122 heavy (non-hydrogen) atoms. The number of benzene rings is 11. The van der Waals surface area contributed by atoms with Gasteiger partial charge in [0.15, 0.2) is 23.0 Å². The summed E-state index contributed by atoms with van der Waals surface area (Å²) < 4.78 is 43.4. The number of fused-ring (bicyclic) bond motifs is 4. The van der Waals surface area contributed by atoms with Crippen LogP contribution in [0.1, 0.15) is 67.3 Å². The zero-order valence-corrected chi connectivity index (χ0v) is 68.6. The summed E-state index contributed by atoms with van der Waals surface area (Å²) in [4.78, 5) is 23.3. The van der Waals surface area contributed by atoms with Crippen molar-refractivity contribution >= 4 is 83.5 Å². The van der Waals surface area contributed by atoms with Crippen LogP contribution in [-0.4, -0.2) is 40.2 Å². The van der Waals surface area contributed by atoms with E-state index in [4.69, 9.17) is 38.1 Å². The van der Waals surface area contributed by atoms with Crippen LogP contribution in [-0.2, 0) is 0 Å². The van der Waals surface area contributed by atoms with E-state index in [1.165, 1.54) is 0 Å². The second-order valence-corrected chi connectivity index (χ2v) is 34.2.